The molecule has 0 saturated carbocycles. The van der Waals surface area contributed by atoms with Crippen LogP contribution >= 0.6 is 15.9 Å². The van der Waals surface area contributed by atoms with E-state index in [2.05, 4.69) is 31.5 Å². The van der Waals surface area contributed by atoms with E-state index in [0.29, 0.717) is 24.5 Å². The second kappa shape index (κ2) is 7.91. The van der Waals surface area contributed by atoms with Crippen molar-refractivity contribution in [2.45, 2.75) is 6.92 Å². The Labute approximate surface area is 138 Å². The van der Waals surface area contributed by atoms with Gasteiger partial charge in [-0.15, -0.1) is 0 Å². The van der Waals surface area contributed by atoms with E-state index in [9.17, 15) is 4.79 Å². The molecule has 0 aliphatic heterocycles. The van der Waals surface area contributed by atoms with Crippen LogP contribution in [0.4, 0.5) is 11.5 Å². The number of hydrogen-bond donors (Lipinski definition) is 2. The van der Waals surface area contributed by atoms with Gasteiger partial charge in [-0.1, -0.05) is 6.07 Å². The number of rotatable bonds is 6. The first kappa shape index (κ1) is 16.5. The molecule has 1 aromatic carbocycles. The number of anilines is 2. The number of carbonyl (C=O) groups excluding carboxylic acids is 1. The van der Waals surface area contributed by atoms with Crippen LogP contribution in [-0.4, -0.2) is 31.2 Å². The molecule has 1 heterocycles. The highest BCUT2D eigenvalue weighted by Crippen LogP contribution is 2.26. The molecular formula is C16H18BrN3O2. The fourth-order valence-corrected chi connectivity index (χ4v) is 2.42. The van der Waals surface area contributed by atoms with Crippen molar-refractivity contribution in [3.8, 4) is 0 Å². The Morgan fingerprint density at radius 3 is 2.77 bits per heavy atom. The van der Waals surface area contributed by atoms with Gasteiger partial charge < -0.3 is 15.4 Å². The molecular weight excluding hydrogens is 346 g/mol. The molecule has 1 amide bonds. The van der Waals surface area contributed by atoms with Crippen molar-refractivity contribution in [1.82, 2.24) is 10.3 Å². The summed E-state index contributed by atoms with van der Waals surface area (Å²) in [7, 11) is 1.59. The maximum atomic E-state index is 11.8. The lowest BCUT2D eigenvalue weighted by Gasteiger charge is -2.09. The minimum atomic E-state index is -0.160. The minimum Gasteiger partial charge on any atom is -0.383 e. The van der Waals surface area contributed by atoms with E-state index < -0.39 is 0 Å². The smallest absolute Gasteiger partial charge is 0.252 e. The zero-order valence-corrected chi connectivity index (χ0v) is 14.1. The van der Waals surface area contributed by atoms with Crippen LogP contribution in [0.3, 0.4) is 0 Å². The number of aromatic nitrogens is 1. The average Bonchev–Trinajstić information content (AvgIpc) is 2.51. The van der Waals surface area contributed by atoms with Crippen molar-refractivity contribution in [3.63, 3.8) is 0 Å². The zero-order valence-electron chi connectivity index (χ0n) is 12.5. The SMILES string of the molecule is COCCNC(=O)c1ccc(Nc2ccc(C)cc2Br)nc1. The van der Waals surface area contributed by atoms with Crippen molar-refractivity contribution >= 4 is 33.3 Å². The number of methoxy groups -OCH3 is 1. The van der Waals surface area contributed by atoms with E-state index in [1.807, 2.05) is 25.1 Å². The molecule has 2 N–H and O–H groups in total. The lowest BCUT2D eigenvalue weighted by molar-refractivity contribution is 0.0937. The van der Waals surface area contributed by atoms with Gasteiger partial charge in [-0.2, -0.15) is 0 Å². The van der Waals surface area contributed by atoms with Gasteiger partial charge in [0.1, 0.15) is 5.82 Å². The molecule has 0 radical (unpaired) electrons. The molecule has 22 heavy (non-hydrogen) atoms. The molecule has 0 bridgehead atoms. The van der Waals surface area contributed by atoms with Crippen molar-refractivity contribution in [2.24, 2.45) is 0 Å². The molecule has 2 rings (SSSR count). The number of carbonyl (C=O) groups is 1. The number of nitrogens with one attached hydrogen (secondary N) is 2. The molecule has 1 aromatic heterocycles. The van der Waals surface area contributed by atoms with E-state index in [1.165, 1.54) is 5.56 Å². The molecule has 0 atom stereocenters. The topological polar surface area (TPSA) is 63.2 Å². The first-order valence-electron chi connectivity index (χ1n) is 6.86. The molecule has 0 aliphatic rings. The van der Waals surface area contributed by atoms with E-state index >= 15 is 0 Å². The fraction of sp³-hybridized carbons (Fsp3) is 0.250. The van der Waals surface area contributed by atoms with Gasteiger partial charge in [0.2, 0.25) is 0 Å². The summed E-state index contributed by atoms with van der Waals surface area (Å²) in [6.07, 6.45) is 1.55. The predicted octanol–water partition coefficient (Wildman–Crippen LogP) is 3.27. The summed E-state index contributed by atoms with van der Waals surface area (Å²) in [5, 5.41) is 5.96. The predicted molar refractivity (Wildman–Crippen MR) is 90.6 cm³/mol. The number of benzene rings is 1. The maximum Gasteiger partial charge on any atom is 0.252 e. The lowest BCUT2D eigenvalue weighted by atomic mass is 10.2. The third-order valence-corrected chi connectivity index (χ3v) is 3.66. The Bertz CT molecular complexity index is 644. The maximum absolute atomic E-state index is 11.8. The molecule has 0 saturated heterocycles. The lowest BCUT2D eigenvalue weighted by Crippen LogP contribution is -2.26. The third-order valence-electron chi connectivity index (χ3n) is 3.00. The largest absolute Gasteiger partial charge is 0.383 e. The van der Waals surface area contributed by atoms with E-state index in [-0.39, 0.29) is 5.91 Å². The quantitative estimate of drug-likeness (QED) is 0.773. The number of pyridine rings is 1. The molecule has 0 unspecified atom stereocenters. The van der Waals surface area contributed by atoms with Crippen molar-refractivity contribution in [3.05, 3.63) is 52.1 Å². The normalized spacial score (nSPS) is 10.3. The monoisotopic (exact) mass is 363 g/mol. The molecule has 0 spiro atoms. The molecule has 116 valence electrons. The number of amides is 1. The van der Waals surface area contributed by atoms with Crippen LogP contribution in [0.2, 0.25) is 0 Å². The zero-order chi connectivity index (χ0) is 15.9. The van der Waals surface area contributed by atoms with E-state index in [4.69, 9.17) is 4.74 Å². The molecule has 5 nitrogen and oxygen atoms in total. The number of halogens is 1. The van der Waals surface area contributed by atoms with Gasteiger partial charge in [0.05, 0.1) is 17.9 Å². The van der Waals surface area contributed by atoms with Gasteiger partial charge in [0.15, 0.2) is 0 Å². The van der Waals surface area contributed by atoms with Gasteiger partial charge in [-0.05, 0) is 52.7 Å². The number of aryl methyl sites for hydroxylation is 1. The van der Waals surface area contributed by atoms with Crippen LogP contribution in [-0.2, 0) is 4.74 Å². The van der Waals surface area contributed by atoms with Crippen LogP contribution in [0.5, 0.6) is 0 Å². The summed E-state index contributed by atoms with van der Waals surface area (Å²) >= 11 is 3.51. The van der Waals surface area contributed by atoms with Crippen LogP contribution < -0.4 is 10.6 Å². The molecule has 0 fully saturated rings. The third kappa shape index (κ3) is 4.54. The fourth-order valence-electron chi connectivity index (χ4n) is 1.83. The van der Waals surface area contributed by atoms with Gasteiger partial charge in [0.25, 0.3) is 5.91 Å². The average molecular weight is 364 g/mol. The Morgan fingerprint density at radius 1 is 1.32 bits per heavy atom. The summed E-state index contributed by atoms with van der Waals surface area (Å²) in [4.78, 5) is 16.1. The first-order chi connectivity index (χ1) is 10.6. The van der Waals surface area contributed by atoms with E-state index in [0.717, 1.165) is 10.2 Å². The van der Waals surface area contributed by atoms with Crippen molar-refractivity contribution in [1.29, 1.82) is 0 Å². The first-order valence-corrected chi connectivity index (χ1v) is 7.66. The summed E-state index contributed by atoms with van der Waals surface area (Å²) in [5.74, 6) is 0.519. The highest BCUT2D eigenvalue weighted by atomic mass is 79.9. The van der Waals surface area contributed by atoms with Crippen molar-refractivity contribution < 1.29 is 9.53 Å². The van der Waals surface area contributed by atoms with Gasteiger partial charge in [-0.25, -0.2) is 4.98 Å². The van der Waals surface area contributed by atoms with Crippen molar-refractivity contribution in [2.75, 3.05) is 25.6 Å². The summed E-state index contributed by atoms with van der Waals surface area (Å²) in [6.45, 7) is 3.00. The van der Waals surface area contributed by atoms with E-state index in [1.54, 1.807) is 25.4 Å². The minimum absolute atomic E-state index is 0.160. The van der Waals surface area contributed by atoms with Crippen LogP contribution in [0.1, 0.15) is 15.9 Å². The number of nitrogens with zero attached hydrogens (tertiary/aromatic N) is 1. The highest BCUT2D eigenvalue weighted by Gasteiger charge is 2.06. The number of ether oxygens (including phenoxy) is 1. The second-order valence-corrected chi connectivity index (χ2v) is 5.64. The molecule has 2 aromatic rings. The van der Waals surface area contributed by atoms with Crippen LogP contribution in [0.15, 0.2) is 41.0 Å². The summed E-state index contributed by atoms with van der Waals surface area (Å²) in [6, 6.07) is 9.54. The summed E-state index contributed by atoms with van der Waals surface area (Å²) < 4.78 is 5.86. The Morgan fingerprint density at radius 2 is 2.14 bits per heavy atom. The van der Waals surface area contributed by atoms with Gasteiger partial charge >= 0.3 is 0 Å². The Kier molecular flexibility index (Phi) is 5.91. The Balaban J connectivity index is 2.01. The number of hydrogen-bond acceptors (Lipinski definition) is 4. The standard InChI is InChI=1S/C16H18BrN3O2/c1-11-3-5-14(13(17)9-11)20-15-6-4-12(10-19-15)16(21)18-7-8-22-2/h3-6,9-10H,7-8H2,1-2H3,(H,18,21)(H,19,20). The van der Waals surface area contributed by atoms with Crippen LogP contribution in [0, 0.1) is 6.92 Å². The van der Waals surface area contributed by atoms with Gasteiger partial charge in [0, 0.05) is 24.3 Å². The highest BCUT2D eigenvalue weighted by molar-refractivity contribution is 9.10. The second-order valence-electron chi connectivity index (χ2n) is 4.79. The molecule has 0 aliphatic carbocycles. The summed E-state index contributed by atoms with van der Waals surface area (Å²) in [5.41, 5.74) is 2.62. The van der Waals surface area contributed by atoms with Crippen LogP contribution in [0.25, 0.3) is 0 Å². The molecule has 6 heteroatoms. The Hall–Kier alpha value is -1.92. The van der Waals surface area contributed by atoms with Gasteiger partial charge in [-0.3, -0.25) is 4.79 Å².